The fourth-order valence-corrected chi connectivity index (χ4v) is 6.41. The molecule has 126 valence electrons. The molecule has 0 unspecified atom stereocenters. The van der Waals surface area contributed by atoms with Gasteiger partial charge in [-0.2, -0.15) is 0 Å². The molecule has 1 saturated heterocycles. The molecule has 2 nitrogen and oxygen atoms in total. The average Bonchev–Trinajstić information content (AvgIpc) is 2.42. The van der Waals surface area contributed by atoms with Crippen LogP contribution in [0.15, 0.2) is 0 Å². The number of ether oxygens (including phenoxy) is 1. The van der Waals surface area contributed by atoms with E-state index in [1.54, 1.807) is 0 Å². The third-order valence-electron chi connectivity index (χ3n) is 7.80. The zero-order valence-electron chi connectivity index (χ0n) is 15.4. The van der Waals surface area contributed by atoms with Crippen LogP contribution in [0.2, 0.25) is 0 Å². The van der Waals surface area contributed by atoms with Gasteiger partial charge in [0.2, 0.25) is 0 Å². The van der Waals surface area contributed by atoms with Crippen LogP contribution in [-0.4, -0.2) is 18.5 Å². The second kappa shape index (κ2) is 4.82. The van der Waals surface area contributed by atoms with E-state index in [0.717, 1.165) is 19.4 Å². The summed E-state index contributed by atoms with van der Waals surface area (Å²) >= 11 is 0. The minimum absolute atomic E-state index is 0.166. The summed E-state index contributed by atoms with van der Waals surface area (Å²) in [7, 11) is 0. The molecule has 0 aromatic rings. The summed E-state index contributed by atoms with van der Waals surface area (Å²) in [5.74, 6) is 0.943. The summed E-state index contributed by atoms with van der Waals surface area (Å²) < 4.78 is 6.58. The Bertz CT molecular complexity index is 482. The van der Waals surface area contributed by atoms with Gasteiger partial charge in [0, 0.05) is 11.8 Å². The highest BCUT2D eigenvalue weighted by atomic mass is 16.5. The lowest BCUT2D eigenvalue weighted by atomic mass is 9.44. The lowest BCUT2D eigenvalue weighted by Gasteiger charge is -2.64. The molecule has 2 aliphatic carbocycles. The van der Waals surface area contributed by atoms with Crippen LogP contribution in [0, 0.1) is 27.6 Å². The van der Waals surface area contributed by atoms with E-state index in [2.05, 4.69) is 41.5 Å². The molecule has 0 spiro atoms. The highest BCUT2D eigenvalue weighted by Gasteiger charge is 2.63. The lowest BCUT2D eigenvalue weighted by Crippen LogP contribution is -2.63. The van der Waals surface area contributed by atoms with E-state index in [-0.39, 0.29) is 16.2 Å². The van der Waals surface area contributed by atoms with Crippen LogP contribution in [0.25, 0.3) is 0 Å². The van der Waals surface area contributed by atoms with E-state index >= 15 is 0 Å². The molecular formula is C20H34O2. The Balaban J connectivity index is 1.95. The van der Waals surface area contributed by atoms with Gasteiger partial charge >= 0.3 is 0 Å². The molecule has 0 radical (unpaired) electrons. The molecule has 1 aliphatic heterocycles. The fraction of sp³-hybridized carbons (Fsp3) is 0.950. The van der Waals surface area contributed by atoms with Gasteiger partial charge in [-0.15, -0.1) is 0 Å². The third-order valence-corrected chi connectivity index (χ3v) is 7.80. The maximum absolute atomic E-state index is 12.5. The van der Waals surface area contributed by atoms with Crippen LogP contribution >= 0.6 is 0 Å². The largest absolute Gasteiger partial charge is 0.377 e. The Morgan fingerprint density at radius 1 is 1.14 bits per heavy atom. The van der Waals surface area contributed by atoms with Crippen molar-refractivity contribution >= 4 is 5.78 Å². The first-order valence-corrected chi connectivity index (χ1v) is 9.22. The van der Waals surface area contributed by atoms with E-state index in [4.69, 9.17) is 4.74 Å². The number of carbonyl (C=O) groups is 1. The Morgan fingerprint density at radius 3 is 2.45 bits per heavy atom. The minimum Gasteiger partial charge on any atom is -0.377 e. The van der Waals surface area contributed by atoms with Crippen LogP contribution in [-0.2, 0) is 9.53 Å². The minimum atomic E-state index is -0.177. The molecule has 0 aromatic carbocycles. The highest BCUT2D eigenvalue weighted by Crippen LogP contribution is 2.64. The van der Waals surface area contributed by atoms with Crippen molar-refractivity contribution in [2.45, 2.75) is 86.2 Å². The van der Waals surface area contributed by atoms with Crippen LogP contribution in [0.4, 0.5) is 0 Å². The van der Waals surface area contributed by atoms with Gasteiger partial charge in [0.05, 0.1) is 12.7 Å². The predicted octanol–water partition coefficient (Wildman–Crippen LogP) is 5.00. The molecule has 2 saturated carbocycles. The fourth-order valence-electron chi connectivity index (χ4n) is 6.41. The van der Waals surface area contributed by atoms with Crippen molar-refractivity contribution in [1.82, 2.24) is 0 Å². The summed E-state index contributed by atoms with van der Waals surface area (Å²) in [5.41, 5.74) is 0.599. The number of fused-ring (bicyclic) bond motifs is 3. The topological polar surface area (TPSA) is 26.3 Å². The van der Waals surface area contributed by atoms with Gasteiger partial charge in [0.15, 0.2) is 0 Å². The quantitative estimate of drug-likeness (QED) is 0.681. The first-order chi connectivity index (χ1) is 10.1. The maximum Gasteiger partial charge on any atom is 0.138 e. The van der Waals surface area contributed by atoms with Crippen molar-refractivity contribution in [2.75, 3.05) is 6.61 Å². The van der Waals surface area contributed by atoms with E-state index in [9.17, 15) is 4.79 Å². The van der Waals surface area contributed by atoms with Crippen molar-refractivity contribution in [3.8, 4) is 0 Å². The number of carbonyl (C=O) groups excluding carboxylic acids is 1. The highest BCUT2D eigenvalue weighted by molar-refractivity contribution is 5.85. The molecule has 0 amide bonds. The summed E-state index contributed by atoms with van der Waals surface area (Å²) in [6, 6.07) is 0. The Morgan fingerprint density at radius 2 is 1.82 bits per heavy atom. The van der Waals surface area contributed by atoms with Crippen LogP contribution in [0.1, 0.15) is 80.1 Å². The van der Waals surface area contributed by atoms with Gasteiger partial charge in [-0.05, 0) is 54.3 Å². The predicted molar refractivity (Wildman–Crippen MR) is 89.7 cm³/mol. The monoisotopic (exact) mass is 306 g/mol. The number of Topliss-reactive ketones (excluding diaryl/α,β-unsaturated/α-hetero) is 1. The molecule has 3 fully saturated rings. The first kappa shape index (κ1) is 16.5. The van der Waals surface area contributed by atoms with Crippen LogP contribution < -0.4 is 0 Å². The van der Waals surface area contributed by atoms with Crippen molar-refractivity contribution < 1.29 is 9.53 Å². The molecule has 22 heavy (non-hydrogen) atoms. The lowest BCUT2D eigenvalue weighted by molar-refractivity contribution is -0.239. The molecule has 3 rings (SSSR count). The standard InChI is InChI=1S/C20H34O2/c1-7-18(4)12-19(5)10-8-14-17(2,3)15(21)9-11-20(14,6)16(19)22-13-18/h14,16H,7-13H2,1-6H3/t14-,16-,18+,19-,20-/m0/s1. The van der Waals surface area contributed by atoms with Crippen molar-refractivity contribution in [2.24, 2.45) is 27.6 Å². The van der Waals surface area contributed by atoms with Gasteiger partial charge in [0.1, 0.15) is 5.78 Å². The molecule has 2 heteroatoms. The van der Waals surface area contributed by atoms with Crippen molar-refractivity contribution in [3.63, 3.8) is 0 Å². The van der Waals surface area contributed by atoms with Gasteiger partial charge in [-0.3, -0.25) is 4.79 Å². The average molecular weight is 306 g/mol. The Hall–Kier alpha value is -0.370. The molecule has 3 aliphatic rings. The molecule has 5 atom stereocenters. The van der Waals surface area contributed by atoms with Gasteiger partial charge in [0.25, 0.3) is 0 Å². The van der Waals surface area contributed by atoms with Crippen molar-refractivity contribution in [3.05, 3.63) is 0 Å². The normalized spacial score (nSPS) is 51.1. The SMILES string of the molecule is CC[C@@]1(C)CO[C@H]2[C@@](C)(CC[C@H]3C(C)(C)C(=O)CC[C@@]32C)C1. The summed E-state index contributed by atoms with van der Waals surface area (Å²) in [4.78, 5) is 12.5. The van der Waals surface area contributed by atoms with Crippen molar-refractivity contribution in [1.29, 1.82) is 0 Å². The second-order valence-electron chi connectivity index (χ2n) is 9.93. The van der Waals surface area contributed by atoms with Crippen LogP contribution in [0.5, 0.6) is 0 Å². The number of rotatable bonds is 1. The Labute approximate surface area is 136 Å². The molecular weight excluding hydrogens is 272 g/mol. The van der Waals surface area contributed by atoms with Gasteiger partial charge in [-0.25, -0.2) is 0 Å². The summed E-state index contributed by atoms with van der Waals surface area (Å²) in [6.07, 6.45) is 6.95. The summed E-state index contributed by atoms with van der Waals surface area (Å²) in [5, 5.41) is 0. The maximum atomic E-state index is 12.5. The zero-order chi connectivity index (χ0) is 16.4. The second-order valence-corrected chi connectivity index (χ2v) is 9.93. The van der Waals surface area contributed by atoms with E-state index in [0.29, 0.717) is 23.2 Å². The number of ketones is 1. The van der Waals surface area contributed by atoms with E-state index in [1.807, 2.05) is 0 Å². The number of hydrogen-bond donors (Lipinski definition) is 0. The zero-order valence-corrected chi connectivity index (χ0v) is 15.4. The van der Waals surface area contributed by atoms with Gasteiger partial charge in [-0.1, -0.05) is 41.5 Å². The third kappa shape index (κ3) is 2.12. The molecule has 0 bridgehead atoms. The smallest absolute Gasteiger partial charge is 0.138 e. The van der Waals surface area contributed by atoms with Crippen LogP contribution in [0.3, 0.4) is 0 Å². The molecule has 1 heterocycles. The molecule has 0 N–H and O–H groups in total. The summed E-state index contributed by atoms with van der Waals surface area (Å²) in [6.45, 7) is 14.8. The van der Waals surface area contributed by atoms with E-state index < -0.39 is 0 Å². The van der Waals surface area contributed by atoms with Gasteiger partial charge < -0.3 is 4.74 Å². The Kier molecular flexibility index (Phi) is 3.61. The first-order valence-electron chi connectivity index (χ1n) is 9.22. The number of hydrogen-bond acceptors (Lipinski definition) is 2. The molecule has 0 aromatic heterocycles. The van der Waals surface area contributed by atoms with E-state index in [1.165, 1.54) is 25.7 Å².